The molecule has 4 rings (SSSR count). The zero-order chi connectivity index (χ0) is 27.8. The second-order valence-corrected chi connectivity index (χ2v) is 10.2. The molecule has 0 saturated heterocycles. The van der Waals surface area contributed by atoms with Crippen LogP contribution in [-0.4, -0.2) is 70.7 Å². The summed E-state index contributed by atoms with van der Waals surface area (Å²) < 4.78 is 6.58. The Labute approximate surface area is 229 Å². The average molecular weight is 532 g/mol. The van der Waals surface area contributed by atoms with Gasteiger partial charge in [-0.2, -0.15) is 0 Å². The first kappa shape index (κ1) is 28.1. The highest BCUT2D eigenvalue weighted by Crippen LogP contribution is 2.29. The van der Waals surface area contributed by atoms with Gasteiger partial charge in [0.05, 0.1) is 19.1 Å². The highest BCUT2D eigenvalue weighted by atomic mass is 16.5. The maximum absolute atomic E-state index is 13.4. The molecule has 1 aliphatic rings. The van der Waals surface area contributed by atoms with Crippen LogP contribution in [0.25, 0.3) is 0 Å². The minimum absolute atomic E-state index is 0.00300. The standard InChI is InChI=1S/C30H37N5O4/c1-21-17-35(22(2)20-36)29(37)16-24-15-26(33-30(38)32-25-7-5-4-6-8-25)9-10-27(24)39-28(21)19-34(3)18-23-11-13-31-14-12-23/h4-15,21-22,28,36H,16-20H2,1-3H3,(H2,32,33,38)/t21-,22?,28+/m1/s1. The number of amides is 3. The van der Waals surface area contributed by atoms with Crippen LogP contribution in [0, 0.1) is 5.92 Å². The smallest absolute Gasteiger partial charge is 0.323 e. The molecule has 9 nitrogen and oxygen atoms in total. The second kappa shape index (κ2) is 13.2. The fourth-order valence-electron chi connectivity index (χ4n) is 4.71. The Kier molecular flexibility index (Phi) is 9.51. The molecular weight excluding hydrogens is 494 g/mol. The van der Waals surface area contributed by atoms with Crippen molar-refractivity contribution in [1.82, 2.24) is 14.8 Å². The number of carbonyl (C=O) groups excluding carboxylic acids is 2. The third-order valence-corrected chi connectivity index (χ3v) is 6.90. The molecule has 9 heteroatoms. The number of aliphatic hydroxyl groups excluding tert-OH is 1. The largest absolute Gasteiger partial charge is 0.488 e. The number of urea groups is 1. The van der Waals surface area contributed by atoms with E-state index in [2.05, 4.69) is 27.4 Å². The zero-order valence-corrected chi connectivity index (χ0v) is 22.7. The van der Waals surface area contributed by atoms with Crippen molar-refractivity contribution in [3.8, 4) is 5.75 Å². The van der Waals surface area contributed by atoms with Gasteiger partial charge in [-0.3, -0.25) is 14.7 Å². The molecule has 206 valence electrons. The molecule has 0 spiro atoms. The van der Waals surface area contributed by atoms with Crippen molar-refractivity contribution >= 4 is 23.3 Å². The van der Waals surface area contributed by atoms with Crippen molar-refractivity contribution in [3.63, 3.8) is 0 Å². The van der Waals surface area contributed by atoms with E-state index in [1.165, 1.54) is 0 Å². The number of aliphatic hydroxyl groups is 1. The van der Waals surface area contributed by atoms with Gasteiger partial charge in [-0.25, -0.2) is 4.79 Å². The number of rotatable bonds is 8. The highest BCUT2D eigenvalue weighted by Gasteiger charge is 2.31. The lowest BCUT2D eigenvalue weighted by Crippen LogP contribution is -2.47. The molecule has 0 fully saturated rings. The van der Waals surface area contributed by atoms with Gasteiger partial charge >= 0.3 is 6.03 Å². The monoisotopic (exact) mass is 531 g/mol. The van der Waals surface area contributed by atoms with Crippen LogP contribution in [0.15, 0.2) is 73.1 Å². The lowest BCUT2D eigenvalue weighted by atomic mass is 10.0. The summed E-state index contributed by atoms with van der Waals surface area (Å²) >= 11 is 0. The van der Waals surface area contributed by atoms with Crippen molar-refractivity contribution in [3.05, 3.63) is 84.2 Å². The number of likely N-dealkylation sites (N-methyl/N-ethyl adjacent to an activating group) is 1. The van der Waals surface area contributed by atoms with E-state index in [-0.39, 0.29) is 43.0 Å². The summed E-state index contributed by atoms with van der Waals surface area (Å²) in [5.74, 6) is 0.526. The number of benzene rings is 2. The molecule has 1 unspecified atom stereocenters. The lowest BCUT2D eigenvalue weighted by molar-refractivity contribution is -0.134. The molecule has 3 aromatic rings. The Bertz CT molecular complexity index is 1240. The average Bonchev–Trinajstić information content (AvgIpc) is 2.97. The molecule has 3 N–H and O–H groups in total. The van der Waals surface area contributed by atoms with Gasteiger partial charge in [0.2, 0.25) is 5.91 Å². The fraction of sp³-hybridized carbons (Fsp3) is 0.367. The summed E-state index contributed by atoms with van der Waals surface area (Å²) in [6.07, 6.45) is 3.45. The third kappa shape index (κ3) is 7.78. The van der Waals surface area contributed by atoms with Crippen molar-refractivity contribution in [2.75, 3.05) is 37.4 Å². The third-order valence-electron chi connectivity index (χ3n) is 6.90. The van der Waals surface area contributed by atoms with Crippen LogP contribution in [0.1, 0.15) is 25.0 Å². The number of hydrogen-bond donors (Lipinski definition) is 3. The molecule has 0 bridgehead atoms. The molecule has 0 aliphatic carbocycles. The summed E-state index contributed by atoms with van der Waals surface area (Å²) in [5.41, 5.74) is 3.07. The van der Waals surface area contributed by atoms with Crippen LogP contribution < -0.4 is 15.4 Å². The van der Waals surface area contributed by atoms with E-state index in [4.69, 9.17) is 4.74 Å². The summed E-state index contributed by atoms with van der Waals surface area (Å²) in [4.78, 5) is 34.0. The van der Waals surface area contributed by atoms with Gasteiger partial charge < -0.3 is 25.4 Å². The van der Waals surface area contributed by atoms with Gasteiger partial charge in [0, 0.05) is 54.9 Å². The Morgan fingerprint density at radius 2 is 1.85 bits per heavy atom. The second-order valence-electron chi connectivity index (χ2n) is 10.2. The predicted octanol–water partition coefficient (Wildman–Crippen LogP) is 4.01. The van der Waals surface area contributed by atoms with Gasteiger partial charge in [0.25, 0.3) is 0 Å². The molecule has 0 saturated carbocycles. The number of para-hydroxylation sites is 1. The van der Waals surface area contributed by atoms with Crippen LogP contribution in [-0.2, 0) is 17.8 Å². The zero-order valence-electron chi connectivity index (χ0n) is 22.7. The van der Waals surface area contributed by atoms with Crippen LogP contribution in [0.4, 0.5) is 16.2 Å². The lowest BCUT2D eigenvalue weighted by Gasteiger charge is -2.34. The number of ether oxygens (including phenoxy) is 1. The van der Waals surface area contributed by atoms with E-state index in [0.29, 0.717) is 35.8 Å². The van der Waals surface area contributed by atoms with E-state index < -0.39 is 0 Å². The maximum Gasteiger partial charge on any atom is 0.323 e. The van der Waals surface area contributed by atoms with Crippen molar-refractivity contribution in [2.24, 2.45) is 5.92 Å². The fourth-order valence-corrected chi connectivity index (χ4v) is 4.71. The molecule has 2 aromatic carbocycles. The highest BCUT2D eigenvalue weighted by molar-refractivity contribution is 5.99. The first-order valence-electron chi connectivity index (χ1n) is 13.2. The molecule has 1 aromatic heterocycles. The Hall–Kier alpha value is -3.95. The number of carbonyl (C=O) groups is 2. The van der Waals surface area contributed by atoms with Gasteiger partial charge in [-0.05, 0) is 62.0 Å². The number of aromatic nitrogens is 1. The molecule has 0 radical (unpaired) electrons. The number of fused-ring (bicyclic) bond motifs is 1. The van der Waals surface area contributed by atoms with Gasteiger partial charge in [-0.15, -0.1) is 0 Å². The number of anilines is 2. The van der Waals surface area contributed by atoms with E-state index in [1.807, 2.05) is 50.4 Å². The number of nitrogens with one attached hydrogen (secondary N) is 2. The van der Waals surface area contributed by atoms with Crippen LogP contribution in [0.2, 0.25) is 0 Å². The summed E-state index contributed by atoms with van der Waals surface area (Å²) in [6, 6.07) is 17.8. The summed E-state index contributed by atoms with van der Waals surface area (Å²) in [6.45, 7) is 5.63. The number of nitrogens with zero attached hydrogens (tertiary/aromatic N) is 3. The van der Waals surface area contributed by atoms with Crippen molar-refractivity contribution < 1.29 is 19.4 Å². The molecular formula is C30H37N5O4. The van der Waals surface area contributed by atoms with Crippen molar-refractivity contribution in [1.29, 1.82) is 0 Å². The Morgan fingerprint density at radius 3 is 2.56 bits per heavy atom. The number of hydrogen-bond acceptors (Lipinski definition) is 6. The molecule has 39 heavy (non-hydrogen) atoms. The van der Waals surface area contributed by atoms with Gasteiger partial charge in [0.15, 0.2) is 0 Å². The molecule has 3 atom stereocenters. The van der Waals surface area contributed by atoms with E-state index in [0.717, 1.165) is 12.1 Å². The van der Waals surface area contributed by atoms with Crippen LogP contribution in [0.5, 0.6) is 5.75 Å². The maximum atomic E-state index is 13.4. The molecule has 3 amide bonds. The summed E-state index contributed by atoms with van der Waals surface area (Å²) in [7, 11) is 2.04. The Balaban J connectivity index is 1.56. The van der Waals surface area contributed by atoms with E-state index >= 15 is 0 Å². The first-order chi connectivity index (χ1) is 18.8. The van der Waals surface area contributed by atoms with E-state index in [9.17, 15) is 14.7 Å². The molecule has 2 heterocycles. The SMILES string of the molecule is CC(CO)N1C[C@@H](C)[C@H](CN(C)Cc2ccncc2)Oc2ccc(NC(=O)Nc3ccccc3)cc2CC1=O. The quantitative estimate of drug-likeness (QED) is 0.406. The minimum Gasteiger partial charge on any atom is -0.488 e. The van der Waals surface area contributed by atoms with Crippen LogP contribution >= 0.6 is 0 Å². The summed E-state index contributed by atoms with van der Waals surface area (Å²) in [5, 5.41) is 15.5. The predicted molar refractivity (Wildman–Crippen MR) is 152 cm³/mol. The molecule has 1 aliphatic heterocycles. The Morgan fingerprint density at radius 1 is 1.13 bits per heavy atom. The number of pyridine rings is 1. The van der Waals surface area contributed by atoms with Gasteiger partial charge in [-0.1, -0.05) is 25.1 Å². The normalized spacial score (nSPS) is 18.3. The van der Waals surface area contributed by atoms with Crippen molar-refractivity contribution in [2.45, 2.75) is 39.0 Å². The first-order valence-corrected chi connectivity index (χ1v) is 13.2. The minimum atomic E-state index is -0.378. The van der Waals surface area contributed by atoms with Gasteiger partial charge in [0.1, 0.15) is 11.9 Å². The van der Waals surface area contributed by atoms with Crippen LogP contribution in [0.3, 0.4) is 0 Å². The van der Waals surface area contributed by atoms with E-state index in [1.54, 1.807) is 41.6 Å². The topological polar surface area (TPSA) is 107 Å².